The van der Waals surface area contributed by atoms with Crippen molar-refractivity contribution in [1.82, 2.24) is 0 Å². The van der Waals surface area contributed by atoms with Gasteiger partial charge in [0.15, 0.2) is 0 Å². The molecular formula is C8H15LiO2. The van der Waals surface area contributed by atoms with Gasteiger partial charge in [0.2, 0.25) is 0 Å². The molecule has 0 atom stereocenters. The van der Waals surface area contributed by atoms with Crippen LogP contribution in [-0.2, 0) is 4.79 Å². The Hall–Kier alpha value is 0.0674. The van der Waals surface area contributed by atoms with Gasteiger partial charge < -0.3 is 9.90 Å². The Balaban J connectivity index is 0. The van der Waals surface area contributed by atoms with Gasteiger partial charge in [-0.3, -0.25) is 0 Å². The summed E-state index contributed by atoms with van der Waals surface area (Å²) in [6, 6.07) is 0. The van der Waals surface area contributed by atoms with E-state index < -0.39 is 5.97 Å². The minimum Gasteiger partial charge on any atom is -0.550 e. The molecule has 0 aliphatic rings. The first-order valence-corrected chi connectivity index (χ1v) is 3.67. The summed E-state index contributed by atoms with van der Waals surface area (Å²) in [6.07, 6.45) is 0. The van der Waals surface area contributed by atoms with Crippen molar-refractivity contribution in [3.05, 3.63) is 0 Å². The third kappa shape index (κ3) is 4.50. The molecule has 0 N–H and O–H groups in total. The number of carbonyl (C=O) groups excluding carboxylic acids is 1. The number of carbonyl (C=O) groups is 1. The maximum atomic E-state index is 10.5. The molecule has 0 heterocycles. The molecule has 0 unspecified atom stereocenters. The predicted octanol–water partition coefficient (Wildman–Crippen LogP) is -2.33. The predicted molar refractivity (Wildman–Crippen MR) is 38.2 cm³/mol. The molecular weight excluding hydrogens is 135 g/mol. The van der Waals surface area contributed by atoms with Gasteiger partial charge in [0, 0.05) is 11.9 Å². The fourth-order valence-corrected chi connectivity index (χ4v) is 1.31. The fraction of sp³-hybridized carbons (Fsp3) is 0.875. The summed E-state index contributed by atoms with van der Waals surface area (Å²) < 4.78 is 0. The summed E-state index contributed by atoms with van der Waals surface area (Å²) in [6.45, 7) is 7.61. The van der Waals surface area contributed by atoms with E-state index in [1.54, 1.807) is 0 Å². The van der Waals surface area contributed by atoms with E-state index in [0.29, 0.717) is 0 Å². The molecule has 0 saturated heterocycles. The smallest absolute Gasteiger partial charge is 0.550 e. The van der Waals surface area contributed by atoms with Crippen LogP contribution in [0.2, 0.25) is 0 Å². The van der Waals surface area contributed by atoms with Crippen LogP contribution in [0.1, 0.15) is 27.7 Å². The quantitative estimate of drug-likeness (QED) is 0.423. The number of carboxylic acids is 1. The molecule has 0 aliphatic carbocycles. The van der Waals surface area contributed by atoms with E-state index in [4.69, 9.17) is 0 Å². The van der Waals surface area contributed by atoms with Crippen LogP contribution in [0.15, 0.2) is 0 Å². The third-order valence-electron chi connectivity index (χ3n) is 1.71. The number of aliphatic carboxylic acids is 1. The topological polar surface area (TPSA) is 40.1 Å². The Kier molecular flexibility index (Phi) is 7.05. The van der Waals surface area contributed by atoms with Crippen LogP contribution in [0.25, 0.3) is 0 Å². The summed E-state index contributed by atoms with van der Waals surface area (Å²) in [5, 5.41) is 10.5. The van der Waals surface area contributed by atoms with Crippen molar-refractivity contribution >= 4 is 5.97 Å². The van der Waals surface area contributed by atoms with Gasteiger partial charge in [0.1, 0.15) is 0 Å². The Bertz CT molecular complexity index is 113. The standard InChI is InChI=1S/C8H16O2.Li/c1-5(2)7(6(3)4)8(9)10;/h5-7H,1-4H3,(H,9,10);/q;+1/p-1. The average molecular weight is 150 g/mol. The number of hydrogen-bond acceptors (Lipinski definition) is 2. The maximum absolute atomic E-state index is 10.5. The molecule has 0 rings (SSSR count). The van der Waals surface area contributed by atoms with Crippen LogP contribution in [0.5, 0.6) is 0 Å². The Labute approximate surface area is 80.5 Å². The molecule has 0 aromatic rings. The third-order valence-corrected chi connectivity index (χ3v) is 1.71. The number of hydrogen-bond donors (Lipinski definition) is 0. The molecule has 0 spiro atoms. The molecule has 0 fully saturated rings. The second kappa shape index (κ2) is 5.68. The van der Waals surface area contributed by atoms with Gasteiger partial charge in [0.25, 0.3) is 0 Å². The second-order valence-electron chi connectivity index (χ2n) is 3.33. The zero-order valence-corrected chi connectivity index (χ0v) is 8.05. The molecule has 3 heteroatoms. The van der Waals surface area contributed by atoms with Gasteiger partial charge in [0.05, 0.1) is 0 Å². The van der Waals surface area contributed by atoms with Crippen molar-refractivity contribution in [3.8, 4) is 0 Å². The van der Waals surface area contributed by atoms with Crippen LogP contribution < -0.4 is 24.0 Å². The van der Waals surface area contributed by atoms with Gasteiger partial charge in [-0.05, 0) is 11.8 Å². The van der Waals surface area contributed by atoms with Crippen LogP contribution in [0.4, 0.5) is 0 Å². The van der Waals surface area contributed by atoms with E-state index in [-0.39, 0.29) is 36.6 Å². The van der Waals surface area contributed by atoms with Crippen molar-refractivity contribution < 1.29 is 28.8 Å². The molecule has 0 amide bonds. The summed E-state index contributed by atoms with van der Waals surface area (Å²) in [5.41, 5.74) is 0. The van der Waals surface area contributed by atoms with Crippen molar-refractivity contribution in [2.75, 3.05) is 0 Å². The molecule has 60 valence electrons. The minimum atomic E-state index is -0.926. The maximum Gasteiger partial charge on any atom is 1.00 e. The molecule has 0 bridgehead atoms. The molecule has 0 aliphatic heterocycles. The van der Waals surface area contributed by atoms with E-state index in [1.807, 2.05) is 27.7 Å². The first-order valence-electron chi connectivity index (χ1n) is 3.67. The van der Waals surface area contributed by atoms with Gasteiger partial charge in [-0.15, -0.1) is 0 Å². The van der Waals surface area contributed by atoms with Crippen LogP contribution in [-0.4, -0.2) is 5.97 Å². The van der Waals surface area contributed by atoms with Gasteiger partial charge in [-0.25, -0.2) is 0 Å². The molecule has 0 aromatic carbocycles. The van der Waals surface area contributed by atoms with E-state index in [1.165, 1.54) is 0 Å². The van der Waals surface area contributed by atoms with Crippen LogP contribution >= 0.6 is 0 Å². The minimum absolute atomic E-state index is 0. The zero-order chi connectivity index (χ0) is 8.31. The SMILES string of the molecule is CC(C)C(C(=O)[O-])C(C)C.[Li+]. The zero-order valence-electron chi connectivity index (χ0n) is 8.05. The van der Waals surface area contributed by atoms with Crippen molar-refractivity contribution in [2.24, 2.45) is 17.8 Å². The molecule has 2 nitrogen and oxygen atoms in total. The second-order valence-corrected chi connectivity index (χ2v) is 3.33. The van der Waals surface area contributed by atoms with E-state index >= 15 is 0 Å². The average Bonchev–Trinajstić information content (AvgIpc) is 1.59. The number of carboxylic acid groups (broad SMARTS) is 1. The van der Waals surface area contributed by atoms with Gasteiger partial charge in [-0.1, -0.05) is 27.7 Å². The first kappa shape index (κ1) is 13.6. The fourth-order valence-electron chi connectivity index (χ4n) is 1.31. The van der Waals surface area contributed by atoms with Crippen LogP contribution in [0, 0.1) is 17.8 Å². The Morgan fingerprint density at radius 1 is 1.09 bits per heavy atom. The van der Waals surface area contributed by atoms with E-state index in [0.717, 1.165) is 0 Å². The molecule has 0 radical (unpaired) electrons. The van der Waals surface area contributed by atoms with Crippen LogP contribution in [0.3, 0.4) is 0 Å². The van der Waals surface area contributed by atoms with Crippen molar-refractivity contribution in [3.63, 3.8) is 0 Å². The Morgan fingerprint density at radius 3 is 1.36 bits per heavy atom. The summed E-state index contributed by atoms with van der Waals surface area (Å²) >= 11 is 0. The van der Waals surface area contributed by atoms with E-state index in [2.05, 4.69) is 0 Å². The Morgan fingerprint density at radius 2 is 1.36 bits per heavy atom. The summed E-state index contributed by atoms with van der Waals surface area (Å²) in [5.74, 6) is -0.889. The molecule has 0 aromatic heterocycles. The normalized spacial score (nSPS) is 10.5. The summed E-state index contributed by atoms with van der Waals surface area (Å²) in [7, 11) is 0. The van der Waals surface area contributed by atoms with Crippen molar-refractivity contribution in [1.29, 1.82) is 0 Å². The van der Waals surface area contributed by atoms with Gasteiger partial charge >= 0.3 is 18.9 Å². The molecule has 0 saturated carbocycles. The van der Waals surface area contributed by atoms with E-state index in [9.17, 15) is 9.90 Å². The van der Waals surface area contributed by atoms with Gasteiger partial charge in [-0.2, -0.15) is 0 Å². The monoisotopic (exact) mass is 150 g/mol. The summed E-state index contributed by atoms with van der Waals surface area (Å²) in [4.78, 5) is 10.5. The number of rotatable bonds is 3. The molecule has 11 heavy (non-hydrogen) atoms. The first-order chi connectivity index (χ1) is 4.46. The largest absolute Gasteiger partial charge is 1.00 e. The van der Waals surface area contributed by atoms with Crippen molar-refractivity contribution in [2.45, 2.75) is 27.7 Å².